The molecule has 0 radical (unpaired) electrons. The summed E-state index contributed by atoms with van der Waals surface area (Å²) in [6.45, 7) is 8.22. The van der Waals surface area contributed by atoms with Crippen molar-refractivity contribution in [2.24, 2.45) is 5.92 Å². The van der Waals surface area contributed by atoms with E-state index in [1.807, 2.05) is 18.3 Å². The van der Waals surface area contributed by atoms with Crippen LogP contribution >= 0.6 is 23.1 Å². The van der Waals surface area contributed by atoms with Crippen LogP contribution in [0.1, 0.15) is 49.9 Å². The average Bonchev–Trinajstić information content (AvgIpc) is 2.90. The molecule has 2 aromatic rings. The molecule has 130 valence electrons. The van der Waals surface area contributed by atoms with Crippen LogP contribution in [0.25, 0.3) is 10.2 Å². The predicted octanol–water partition coefficient (Wildman–Crippen LogP) is 4.13. The molecule has 1 aliphatic carbocycles. The number of carbonyl (C=O) groups excluding carboxylic acids is 1. The Labute approximate surface area is 151 Å². The molecule has 0 spiro atoms. The molecule has 1 N–H and O–H groups in total. The van der Waals surface area contributed by atoms with Crippen LogP contribution in [0.4, 0.5) is 0 Å². The second-order valence-electron chi connectivity index (χ2n) is 6.86. The minimum absolute atomic E-state index is 0.0784. The fourth-order valence-electron chi connectivity index (χ4n) is 2.93. The van der Waals surface area contributed by atoms with E-state index in [-0.39, 0.29) is 11.9 Å². The summed E-state index contributed by atoms with van der Waals surface area (Å²) in [4.78, 5) is 24.0. The summed E-state index contributed by atoms with van der Waals surface area (Å²) < 4.78 is 0. The highest BCUT2D eigenvalue weighted by atomic mass is 32.2. The largest absolute Gasteiger partial charge is 0.353 e. The Kier molecular flexibility index (Phi) is 5.45. The maximum absolute atomic E-state index is 12.2. The van der Waals surface area contributed by atoms with Crippen molar-refractivity contribution in [3.05, 3.63) is 16.3 Å². The summed E-state index contributed by atoms with van der Waals surface area (Å²) in [6, 6.07) is 0.194. The van der Waals surface area contributed by atoms with Gasteiger partial charge in [-0.3, -0.25) is 4.79 Å². The SMILES string of the molecule is Cc1nc(SCC(=O)N[C@@H](C)C(C)C)c2c3c(sc2n1)CCCC3. The Morgan fingerprint density at radius 1 is 1.25 bits per heavy atom. The minimum Gasteiger partial charge on any atom is -0.353 e. The van der Waals surface area contributed by atoms with Crippen LogP contribution in [0.5, 0.6) is 0 Å². The number of aryl methyl sites for hydroxylation is 3. The molecule has 1 amide bonds. The van der Waals surface area contributed by atoms with Gasteiger partial charge in [0.25, 0.3) is 0 Å². The van der Waals surface area contributed by atoms with Gasteiger partial charge in [0.15, 0.2) is 0 Å². The normalized spacial score (nSPS) is 15.5. The van der Waals surface area contributed by atoms with Crippen molar-refractivity contribution < 1.29 is 4.79 Å². The van der Waals surface area contributed by atoms with Crippen molar-refractivity contribution >= 4 is 39.2 Å². The van der Waals surface area contributed by atoms with E-state index in [1.165, 1.54) is 28.7 Å². The van der Waals surface area contributed by atoms with E-state index in [9.17, 15) is 4.79 Å². The maximum Gasteiger partial charge on any atom is 0.230 e. The van der Waals surface area contributed by atoms with Crippen molar-refractivity contribution in [3.63, 3.8) is 0 Å². The lowest BCUT2D eigenvalue weighted by Gasteiger charge is -2.17. The lowest BCUT2D eigenvalue weighted by molar-refractivity contribution is -0.119. The van der Waals surface area contributed by atoms with Gasteiger partial charge in [0.1, 0.15) is 15.7 Å². The first-order valence-corrected chi connectivity index (χ1v) is 10.5. The van der Waals surface area contributed by atoms with Gasteiger partial charge in [-0.1, -0.05) is 25.6 Å². The van der Waals surface area contributed by atoms with E-state index in [0.717, 1.165) is 28.5 Å². The highest BCUT2D eigenvalue weighted by Crippen LogP contribution is 2.39. The van der Waals surface area contributed by atoms with Gasteiger partial charge in [-0.05, 0) is 51.0 Å². The van der Waals surface area contributed by atoms with Gasteiger partial charge < -0.3 is 5.32 Å². The minimum atomic E-state index is 0.0784. The third kappa shape index (κ3) is 3.75. The van der Waals surface area contributed by atoms with Crippen LogP contribution in [0.15, 0.2) is 5.03 Å². The summed E-state index contributed by atoms with van der Waals surface area (Å²) in [5.74, 6) is 1.72. The van der Waals surface area contributed by atoms with Gasteiger partial charge in [-0.25, -0.2) is 9.97 Å². The molecule has 4 nitrogen and oxygen atoms in total. The zero-order valence-electron chi connectivity index (χ0n) is 14.8. The van der Waals surface area contributed by atoms with Crippen LogP contribution in [0.3, 0.4) is 0 Å². The van der Waals surface area contributed by atoms with Crippen LogP contribution in [0.2, 0.25) is 0 Å². The van der Waals surface area contributed by atoms with Gasteiger partial charge in [0.2, 0.25) is 5.91 Å². The molecule has 0 saturated heterocycles. The van der Waals surface area contributed by atoms with Crippen molar-refractivity contribution in [1.29, 1.82) is 0 Å². The molecule has 6 heteroatoms. The molecule has 24 heavy (non-hydrogen) atoms. The van der Waals surface area contributed by atoms with E-state index in [2.05, 4.69) is 36.1 Å². The molecule has 3 rings (SSSR count). The van der Waals surface area contributed by atoms with E-state index in [1.54, 1.807) is 11.8 Å². The number of aromatic nitrogens is 2. The zero-order chi connectivity index (χ0) is 17.3. The molecule has 0 saturated carbocycles. The number of thiophene rings is 1. The molecule has 2 aromatic heterocycles. The topological polar surface area (TPSA) is 54.9 Å². The standard InChI is InChI=1S/C18H25N3OS2/c1-10(2)11(3)19-15(22)9-23-17-16-13-7-5-6-8-14(13)24-18(16)21-12(4)20-17/h10-11H,5-9H2,1-4H3,(H,19,22)/t11-/m0/s1. The molecular formula is C18H25N3OS2. The molecule has 0 aromatic carbocycles. The number of nitrogens with zero attached hydrogens (tertiary/aromatic N) is 2. The van der Waals surface area contributed by atoms with Gasteiger partial charge in [0.05, 0.1) is 5.75 Å². The van der Waals surface area contributed by atoms with E-state index < -0.39 is 0 Å². The second-order valence-corrected chi connectivity index (χ2v) is 8.90. The van der Waals surface area contributed by atoms with Crippen LogP contribution in [-0.2, 0) is 17.6 Å². The van der Waals surface area contributed by atoms with E-state index in [4.69, 9.17) is 0 Å². The summed E-state index contributed by atoms with van der Waals surface area (Å²) in [7, 11) is 0. The van der Waals surface area contributed by atoms with Gasteiger partial charge >= 0.3 is 0 Å². The van der Waals surface area contributed by atoms with Gasteiger partial charge in [-0.2, -0.15) is 0 Å². The lowest BCUT2D eigenvalue weighted by Crippen LogP contribution is -2.37. The third-order valence-electron chi connectivity index (χ3n) is 4.62. The Morgan fingerprint density at radius 2 is 2.00 bits per heavy atom. The summed E-state index contributed by atoms with van der Waals surface area (Å²) in [5.41, 5.74) is 1.43. The van der Waals surface area contributed by atoms with Crippen molar-refractivity contribution in [1.82, 2.24) is 15.3 Å². The number of hydrogen-bond acceptors (Lipinski definition) is 5. The molecule has 0 aliphatic heterocycles. The number of nitrogens with one attached hydrogen (secondary N) is 1. The number of hydrogen-bond donors (Lipinski definition) is 1. The highest BCUT2D eigenvalue weighted by molar-refractivity contribution is 8.00. The van der Waals surface area contributed by atoms with Crippen LogP contribution < -0.4 is 5.32 Å². The summed E-state index contributed by atoms with van der Waals surface area (Å²) >= 11 is 3.36. The Balaban J connectivity index is 1.81. The number of amides is 1. The van der Waals surface area contributed by atoms with Crippen LogP contribution in [-0.4, -0.2) is 27.7 Å². The fourth-order valence-corrected chi connectivity index (χ4v) is 5.21. The molecule has 0 unspecified atom stereocenters. The van der Waals surface area contributed by atoms with E-state index in [0.29, 0.717) is 11.7 Å². The molecule has 1 atom stereocenters. The second kappa shape index (κ2) is 7.40. The number of thioether (sulfide) groups is 1. The number of fused-ring (bicyclic) bond motifs is 3. The Bertz CT molecular complexity index is 754. The smallest absolute Gasteiger partial charge is 0.230 e. The first kappa shape index (κ1) is 17.7. The Hall–Kier alpha value is -1.14. The first-order valence-electron chi connectivity index (χ1n) is 8.66. The third-order valence-corrected chi connectivity index (χ3v) is 6.78. The van der Waals surface area contributed by atoms with Crippen molar-refractivity contribution in [3.8, 4) is 0 Å². The summed E-state index contributed by atoms with van der Waals surface area (Å²) in [6.07, 6.45) is 4.78. The summed E-state index contributed by atoms with van der Waals surface area (Å²) in [5, 5.41) is 5.25. The van der Waals surface area contributed by atoms with Gasteiger partial charge in [0, 0.05) is 16.3 Å². The molecule has 2 heterocycles. The fraction of sp³-hybridized carbons (Fsp3) is 0.611. The average molecular weight is 364 g/mol. The Morgan fingerprint density at radius 3 is 2.75 bits per heavy atom. The highest BCUT2D eigenvalue weighted by Gasteiger charge is 2.21. The number of rotatable bonds is 5. The quantitative estimate of drug-likeness (QED) is 0.641. The van der Waals surface area contributed by atoms with Crippen molar-refractivity contribution in [2.75, 3.05) is 5.75 Å². The number of carbonyl (C=O) groups is 1. The van der Waals surface area contributed by atoms with Crippen LogP contribution in [0, 0.1) is 12.8 Å². The maximum atomic E-state index is 12.2. The molecule has 0 bridgehead atoms. The lowest BCUT2D eigenvalue weighted by atomic mass is 9.97. The molecular weight excluding hydrogens is 338 g/mol. The predicted molar refractivity (Wildman–Crippen MR) is 102 cm³/mol. The van der Waals surface area contributed by atoms with Gasteiger partial charge in [-0.15, -0.1) is 11.3 Å². The zero-order valence-corrected chi connectivity index (χ0v) is 16.4. The van der Waals surface area contributed by atoms with Crippen molar-refractivity contribution in [2.45, 2.75) is 64.4 Å². The monoisotopic (exact) mass is 363 g/mol. The first-order chi connectivity index (χ1) is 11.5. The molecule has 1 aliphatic rings. The van der Waals surface area contributed by atoms with E-state index >= 15 is 0 Å². The molecule has 0 fully saturated rings.